The van der Waals surface area contributed by atoms with Crippen LogP contribution in [-0.2, 0) is 20.9 Å². The first kappa shape index (κ1) is 12.8. The van der Waals surface area contributed by atoms with Crippen LogP contribution in [0.3, 0.4) is 0 Å². The van der Waals surface area contributed by atoms with Gasteiger partial charge in [-0.05, 0) is 12.5 Å². The molecule has 1 aliphatic rings. The number of carbonyl (C=O) groups excluding carboxylic acids is 1. The predicted octanol–water partition coefficient (Wildman–Crippen LogP) is 2.85. The Morgan fingerprint density at radius 1 is 1.39 bits per heavy atom. The highest BCUT2D eigenvalue weighted by atomic mass is 16.5. The quantitative estimate of drug-likeness (QED) is 0.749. The van der Waals surface area contributed by atoms with Crippen molar-refractivity contribution < 1.29 is 14.3 Å². The van der Waals surface area contributed by atoms with E-state index in [0.717, 1.165) is 18.4 Å². The standard InChI is InChI=1S/C15H18O3/c1-12(10-14-8-5-9-15(16)18-14)17-11-13-6-3-2-4-7-13/h2-7,9,12,14H,8,10-11H2,1H3/t12-,14+/m0/s1. The van der Waals surface area contributed by atoms with E-state index in [1.54, 1.807) is 0 Å². The Hall–Kier alpha value is -1.61. The number of rotatable bonds is 5. The summed E-state index contributed by atoms with van der Waals surface area (Å²) >= 11 is 0. The van der Waals surface area contributed by atoms with E-state index in [1.807, 2.05) is 43.3 Å². The molecule has 0 aliphatic carbocycles. The molecular weight excluding hydrogens is 228 g/mol. The summed E-state index contributed by atoms with van der Waals surface area (Å²) in [5.41, 5.74) is 1.16. The maximum Gasteiger partial charge on any atom is 0.330 e. The van der Waals surface area contributed by atoms with Crippen LogP contribution in [0.5, 0.6) is 0 Å². The van der Waals surface area contributed by atoms with Crippen molar-refractivity contribution in [1.29, 1.82) is 0 Å². The number of esters is 1. The molecule has 0 radical (unpaired) electrons. The molecule has 2 rings (SSSR count). The third kappa shape index (κ3) is 4.00. The summed E-state index contributed by atoms with van der Waals surface area (Å²) in [6.07, 6.45) is 4.89. The predicted molar refractivity (Wildman–Crippen MR) is 68.9 cm³/mol. The van der Waals surface area contributed by atoms with E-state index in [9.17, 15) is 4.79 Å². The van der Waals surface area contributed by atoms with Gasteiger partial charge in [-0.15, -0.1) is 0 Å². The molecule has 2 atom stereocenters. The van der Waals surface area contributed by atoms with E-state index in [4.69, 9.17) is 9.47 Å². The van der Waals surface area contributed by atoms with E-state index in [1.165, 1.54) is 6.08 Å². The second-order valence-electron chi connectivity index (χ2n) is 4.54. The zero-order chi connectivity index (χ0) is 12.8. The minimum Gasteiger partial charge on any atom is -0.459 e. The van der Waals surface area contributed by atoms with Crippen molar-refractivity contribution in [2.24, 2.45) is 0 Å². The molecule has 1 aliphatic heterocycles. The SMILES string of the molecule is C[C@@H](C[C@H]1CC=CC(=O)O1)OCc1ccccc1. The van der Waals surface area contributed by atoms with E-state index < -0.39 is 0 Å². The molecule has 96 valence electrons. The maximum atomic E-state index is 11.1. The van der Waals surface area contributed by atoms with Crippen LogP contribution in [0.1, 0.15) is 25.3 Å². The van der Waals surface area contributed by atoms with E-state index in [0.29, 0.717) is 6.61 Å². The first-order chi connectivity index (χ1) is 8.74. The minimum atomic E-state index is -0.249. The van der Waals surface area contributed by atoms with Crippen molar-refractivity contribution in [3.05, 3.63) is 48.0 Å². The molecule has 0 fully saturated rings. The molecule has 0 unspecified atom stereocenters. The summed E-state index contributed by atoms with van der Waals surface area (Å²) in [6.45, 7) is 2.60. The van der Waals surface area contributed by atoms with Crippen LogP contribution < -0.4 is 0 Å². The largest absolute Gasteiger partial charge is 0.459 e. The molecule has 0 saturated heterocycles. The number of hydrogen-bond acceptors (Lipinski definition) is 3. The van der Waals surface area contributed by atoms with Gasteiger partial charge in [-0.25, -0.2) is 4.79 Å². The van der Waals surface area contributed by atoms with Gasteiger partial charge in [0.25, 0.3) is 0 Å². The van der Waals surface area contributed by atoms with Crippen molar-refractivity contribution in [1.82, 2.24) is 0 Å². The molecular formula is C15H18O3. The van der Waals surface area contributed by atoms with Crippen molar-refractivity contribution in [2.45, 2.75) is 38.6 Å². The Kier molecular flexibility index (Phi) is 4.53. The molecule has 18 heavy (non-hydrogen) atoms. The molecule has 1 aromatic rings. The van der Waals surface area contributed by atoms with Gasteiger partial charge in [0.1, 0.15) is 6.10 Å². The van der Waals surface area contributed by atoms with Gasteiger partial charge in [-0.3, -0.25) is 0 Å². The number of cyclic esters (lactones) is 1. The van der Waals surface area contributed by atoms with Gasteiger partial charge in [-0.1, -0.05) is 36.4 Å². The molecule has 0 spiro atoms. The Morgan fingerprint density at radius 3 is 2.89 bits per heavy atom. The van der Waals surface area contributed by atoms with Gasteiger partial charge >= 0.3 is 5.97 Å². The first-order valence-electron chi connectivity index (χ1n) is 6.26. The molecule has 0 saturated carbocycles. The first-order valence-corrected chi connectivity index (χ1v) is 6.26. The van der Waals surface area contributed by atoms with E-state index in [2.05, 4.69) is 0 Å². The molecule has 0 bridgehead atoms. The molecule has 0 amide bonds. The van der Waals surface area contributed by atoms with Crippen LogP contribution in [0.4, 0.5) is 0 Å². The molecule has 3 nitrogen and oxygen atoms in total. The number of ether oxygens (including phenoxy) is 2. The summed E-state index contributed by atoms with van der Waals surface area (Å²) in [4.78, 5) is 11.1. The van der Waals surface area contributed by atoms with Crippen LogP contribution >= 0.6 is 0 Å². The van der Waals surface area contributed by atoms with Crippen LogP contribution in [0.25, 0.3) is 0 Å². The number of hydrogen-bond donors (Lipinski definition) is 0. The summed E-state index contributed by atoms with van der Waals surface area (Å²) in [5.74, 6) is -0.249. The fourth-order valence-electron chi connectivity index (χ4n) is 1.96. The number of carbonyl (C=O) groups is 1. The highest BCUT2D eigenvalue weighted by molar-refractivity contribution is 5.82. The van der Waals surface area contributed by atoms with Crippen LogP contribution in [0, 0.1) is 0 Å². The molecule has 1 aromatic carbocycles. The summed E-state index contributed by atoms with van der Waals surface area (Å²) in [6, 6.07) is 10.1. The fraction of sp³-hybridized carbons (Fsp3) is 0.400. The lowest BCUT2D eigenvalue weighted by Crippen LogP contribution is -2.25. The summed E-state index contributed by atoms with van der Waals surface area (Å²) < 4.78 is 11.0. The van der Waals surface area contributed by atoms with Crippen LogP contribution in [0.2, 0.25) is 0 Å². The number of benzene rings is 1. The maximum absolute atomic E-state index is 11.1. The van der Waals surface area contributed by atoms with E-state index in [-0.39, 0.29) is 18.2 Å². The fourth-order valence-corrected chi connectivity index (χ4v) is 1.96. The van der Waals surface area contributed by atoms with Gasteiger partial charge < -0.3 is 9.47 Å². The summed E-state index contributed by atoms with van der Waals surface area (Å²) in [5, 5.41) is 0. The Balaban J connectivity index is 1.74. The smallest absolute Gasteiger partial charge is 0.330 e. The third-order valence-corrected chi connectivity index (χ3v) is 2.91. The van der Waals surface area contributed by atoms with Crippen molar-refractivity contribution in [3.8, 4) is 0 Å². The highest BCUT2D eigenvalue weighted by Gasteiger charge is 2.19. The topological polar surface area (TPSA) is 35.5 Å². The second-order valence-corrected chi connectivity index (χ2v) is 4.54. The molecule has 0 N–H and O–H groups in total. The normalized spacial score (nSPS) is 20.5. The Morgan fingerprint density at radius 2 is 2.17 bits per heavy atom. The molecule has 3 heteroatoms. The Bertz CT molecular complexity index is 411. The van der Waals surface area contributed by atoms with E-state index >= 15 is 0 Å². The molecule has 0 aromatic heterocycles. The lowest BCUT2D eigenvalue weighted by atomic mass is 10.1. The van der Waals surface area contributed by atoms with Gasteiger partial charge in [0, 0.05) is 18.9 Å². The van der Waals surface area contributed by atoms with Crippen LogP contribution in [0.15, 0.2) is 42.5 Å². The lowest BCUT2D eigenvalue weighted by Gasteiger charge is -2.22. The minimum absolute atomic E-state index is 0.0479. The molecule has 1 heterocycles. The Labute approximate surface area is 107 Å². The highest BCUT2D eigenvalue weighted by Crippen LogP contribution is 2.15. The van der Waals surface area contributed by atoms with Gasteiger partial charge in [0.2, 0.25) is 0 Å². The zero-order valence-corrected chi connectivity index (χ0v) is 10.5. The second kappa shape index (κ2) is 6.36. The van der Waals surface area contributed by atoms with Gasteiger partial charge in [0.15, 0.2) is 0 Å². The van der Waals surface area contributed by atoms with Crippen molar-refractivity contribution in [3.63, 3.8) is 0 Å². The zero-order valence-electron chi connectivity index (χ0n) is 10.5. The van der Waals surface area contributed by atoms with Gasteiger partial charge in [-0.2, -0.15) is 0 Å². The lowest BCUT2D eigenvalue weighted by molar-refractivity contribution is -0.145. The summed E-state index contributed by atoms with van der Waals surface area (Å²) in [7, 11) is 0. The van der Waals surface area contributed by atoms with Crippen LogP contribution in [-0.4, -0.2) is 18.2 Å². The average Bonchev–Trinajstić information content (AvgIpc) is 2.38. The van der Waals surface area contributed by atoms with Crippen molar-refractivity contribution in [2.75, 3.05) is 0 Å². The third-order valence-electron chi connectivity index (χ3n) is 2.91. The van der Waals surface area contributed by atoms with Crippen molar-refractivity contribution >= 4 is 5.97 Å². The van der Waals surface area contributed by atoms with Gasteiger partial charge in [0.05, 0.1) is 12.7 Å². The average molecular weight is 246 g/mol. The monoisotopic (exact) mass is 246 g/mol.